The molecular weight excluding hydrogens is 348 g/mol. The van der Waals surface area contributed by atoms with Crippen molar-refractivity contribution in [3.8, 4) is 22.8 Å². The molecule has 134 valence electrons. The predicted octanol–water partition coefficient (Wildman–Crippen LogP) is 3.43. The van der Waals surface area contributed by atoms with Crippen LogP contribution in [0.25, 0.3) is 11.3 Å². The topological polar surface area (TPSA) is 61.0 Å². The van der Waals surface area contributed by atoms with Gasteiger partial charge in [0.1, 0.15) is 11.5 Å². The SMILES string of the molecule is CN=c1scc(-c2cc(OC)ccc2OC)n1/N=C(/C)c1ccncc1. The molecule has 0 aliphatic heterocycles. The van der Waals surface area contributed by atoms with E-state index in [1.165, 1.54) is 11.3 Å². The van der Waals surface area contributed by atoms with E-state index in [9.17, 15) is 0 Å². The zero-order valence-electron chi connectivity index (χ0n) is 15.1. The molecule has 3 rings (SSSR count). The lowest BCUT2D eigenvalue weighted by Crippen LogP contribution is -2.14. The maximum atomic E-state index is 5.54. The zero-order chi connectivity index (χ0) is 18.5. The Kier molecular flexibility index (Phi) is 5.48. The van der Waals surface area contributed by atoms with Crippen molar-refractivity contribution in [1.29, 1.82) is 0 Å². The number of hydrogen-bond donors (Lipinski definition) is 0. The summed E-state index contributed by atoms with van der Waals surface area (Å²) in [6, 6.07) is 9.56. The summed E-state index contributed by atoms with van der Waals surface area (Å²) in [6.07, 6.45) is 3.51. The number of rotatable bonds is 5. The smallest absolute Gasteiger partial charge is 0.205 e. The maximum Gasteiger partial charge on any atom is 0.205 e. The molecule has 0 spiro atoms. The molecule has 0 amide bonds. The normalized spacial score (nSPS) is 12.3. The van der Waals surface area contributed by atoms with Crippen molar-refractivity contribution in [2.24, 2.45) is 10.1 Å². The Bertz CT molecular complexity index is 990. The van der Waals surface area contributed by atoms with Crippen LogP contribution in [-0.4, -0.2) is 36.6 Å². The van der Waals surface area contributed by atoms with Crippen molar-refractivity contribution in [3.05, 3.63) is 58.5 Å². The summed E-state index contributed by atoms with van der Waals surface area (Å²) >= 11 is 1.52. The van der Waals surface area contributed by atoms with Gasteiger partial charge in [0.25, 0.3) is 0 Å². The van der Waals surface area contributed by atoms with Gasteiger partial charge in [0.2, 0.25) is 4.80 Å². The summed E-state index contributed by atoms with van der Waals surface area (Å²) in [4.78, 5) is 9.20. The Morgan fingerprint density at radius 3 is 2.54 bits per heavy atom. The number of hydrogen-bond acceptors (Lipinski definition) is 6. The molecule has 0 saturated carbocycles. The molecule has 0 N–H and O–H groups in total. The number of nitrogens with zero attached hydrogens (tertiary/aromatic N) is 4. The van der Waals surface area contributed by atoms with Crippen molar-refractivity contribution in [3.63, 3.8) is 0 Å². The van der Waals surface area contributed by atoms with E-state index in [1.54, 1.807) is 33.7 Å². The van der Waals surface area contributed by atoms with Gasteiger partial charge in [-0.1, -0.05) is 0 Å². The van der Waals surface area contributed by atoms with Crippen LogP contribution < -0.4 is 14.3 Å². The number of benzene rings is 1. The molecule has 0 aliphatic carbocycles. The first-order valence-electron chi connectivity index (χ1n) is 7.99. The van der Waals surface area contributed by atoms with Crippen molar-refractivity contribution in [1.82, 2.24) is 9.66 Å². The second-order valence-electron chi connectivity index (χ2n) is 5.43. The molecule has 0 unspecified atom stereocenters. The fourth-order valence-electron chi connectivity index (χ4n) is 2.55. The standard InChI is InChI=1S/C19H20N4O2S/c1-13(14-7-9-21-10-8-14)22-23-17(12-26-19(23)20-2)16-11-15(24-3)5-6-18(16)25-4/h5-12H,1-4H3/b20-19?,22-13-. The molecule has 26 heavy (non-hydrogen) atoms. The van der Waals surface area contributed by atoms with E-state index in [1.807, 2.05) is 47.3 Å². The molecule has 2 aromatic heterocycles. The average molecular weight is 368 g/mol. The van der Waals surface area contributed by atoms with Crippen molar-refractivity contribution in [2.45, 2.75) is 6.92 Å². The van der Waals surface area contributed by atoms with Gasteiger partial charge in [-0.2, -0.15) is 5.10 Å². The minimum Gasteiger partial charge on any atom is -0.497 e. The van der Waals surface area contributed by atoms with E-state index in [2.05, 4.69) is 9.98 Å². The molecule has 0 fully saturated rings. The van der Waals surface area contributed by atoms with Gasteiger partial charge in [0.15, 0.2) is 0 Å². The molecule has 2 heterocycles. The fraction of sp³-hybridized carbons (Fsp3) is 0.211. The van der Waals surface area contributed by atoms with E-state index >= 15 is 0 Å². The Balaban J connectivity index is 2.19. The van der Waals surface area contributed by atoms with Crippen LogP contribution in [0.5, 0.6) is 11.5 Å². The van der Waals surface area contributed by atoms with Gasteiger partial charge in [-0.15, -0.1) is 11.3 Å². The average Bonchev–Trinajstić information content (AvgIpc) is 3.10. The Morgan fingerprint density at radius 2 is 1.88 bits per heavy atom. The Hall–Kier alpha value is -2.93. The van der Waals surface area contributed by atoms with Crippen molar-refractivity contribution < 1.29 is 9.47 Å². The minimum absolute atomic E-state index is 0.747. The quantitative estimate of drug-likeness (QED) is 0.648. The van der Waals surface area contributed by atoms with Crippen LogP contribution in [0.1, 0.15) is 12.5 Å². The lowest BCUT2D eigenvalue weighted by atomic mass is 10.1. The lowest BCUT2D eigenvalue weighted by molar-refractivity contribution is 0.404. The first-order chi connectivity index (χ1) is 12.7. The largest absolute Gasteiger partial charge is 0.497 e. The molecule has 0 radical (unpaired) electrons. The number of aromatic nitrogens is 2. The van der Waals surface area contributed by atoms with E-state index in [0.717, 1.165) is 38.8 Å². The molecule has 1 aromatic carbocycles. The van der Waals surface area contributed by atoms with Crippen LogP contribution in [-0.2, 0) is 0 Å². The lowest BCUT2D eigenvalue weighted by Gasteiger charge is -2.11. The summed E-state index contributed by atoms with van der Waals surface area (Å²) < 4.78 is 12.7. The summed E-state index contributed by atoms with van der Waals surface area (Å²) in [5.74, 6) is 1.50. The van der Waals surface area contributed by atoms with Crippen LogP contribution in [0.4, 0.5) is 0 Å². The van der Waals surface area contributed by atoms with Crippen molar-refractivity contribution in [2.75, 3.05) is 21.3 Å². The first kappa shape index (κ1) is 17.9. The molecule has 0 atom stereocenters. The maximum absolute atomic E-state index is 5.54. The summed E-state index contributed by atoms with van der Waals surface area (Å²) in [6.45, 7) is 1.96. The highest BCUT2D eigenvalue weighted by Gasteiger charge is 2.14. The molecule has 0 saturated heterocycles. The van der Waals surface area contributed by atoms with E-state index < -0.39 is 0 Å². The van der Waals surface area contributed by atoms with Gasteiger partial charge >= 0.3 is 0 Å². The monoisotopic (exact) mass is 368 g/mol. The third-order valence-electron chi connectivity index (χ3n) is 3.91. The molecule has 7 heteroatoms. The second kappa shape index (κ2) is 7.97. The summed E-state index contributed by atoms with van der Waals surface area (Å²) in [7, 11) is 5.05. The predicted molar refractivity (Wildman–Crippen MR) is 104 cm³/mol. The summed E-state index contributed by atoms with van der Waals surface area (Å²) in [5, 5.41) is 6.81. The van der Waals surface area contributed by atoms with Gasteiger partial charge in [0.05, 0.1) is 25.6 Å². The Labute approximate surface area is 156 Å². The Morgan fingerprint density at radius 1 is 1.12 bits per heavy atom. The second-order valence-corrected chi connectivity index (χ2v) is 6.26. The number of thiazole rings is 1. The van der Waals surface area contributed by atoms with Crippen LogP contribution in [0, 0.1) is 0 Å². The van der Waals surface area contributed by atoms with Gasteiger partial charge in [-0.05, 0) is 37.3 Å². The third-order valence-corrected chi connectivity index (χ3v) is 4.81. The van der Waals surface area contributed by atoms with Crippen LogP contribution >= 0.6 is 11.3 Å². The van der Waals surface area contributed by atoms with Gasteiger partial charge in [-0.25, -0.2) is 4.68 Å². The number of methoxy groups -OCH3 is 2. The van der Waals surface area contributed by atoms with Gasteiger partial charge in [-0.3, -0.25) is 9.98 Å². The molecule has 0 bridgehead atoms. The zero-order valence-corrected chi connectivity index (χ0v) is 15.9. The first-order valence-corrected chi connectivity index (χ1v) is 8.87. The van der Waals surface area contributed by atoms with Gasteiger partial charge in [0, 0.05) is 35.9 Å². The number of pyridine rings is 1. The van der Waals surface area contributed by atoms with Crippen molar-refractivity contribution >= 4 is 17.0 Å². The minimum atomic E-state index is 0.747. The van der Waals surface area contributed by atoms with E-state index in [4.69, 9.17) is 14.6 Å². The van der Waals surface area contributed by atoms with E-state index in [-0.39, 0.29) is 0 Å². The highest BCUT2D eigenvalue weighted by molar-refractivity contribution is 7.07. The highest BCUT2D eigenvalue weighted by Crippen LogP contribution is 2.33. The molecule has 3 aromatic rings. The molecule has 6 nitrogen and oxygen atoms in total. The highest BCUT2D eigenvalue weighted by atomic mass is 32.1. The summed E-state index contributed by atoms with van der Waals surface area (Å²) in [5.41, 5.74) is 3.65. The third kappa shape index (κ3) is 3.52. The van der Waals surface area contributed by atoms with Gasteiger partial charge < -0.3 is 9.47 Å². The van der Waals surface area contributed by atoms with Crippen LogP contribution in [0.2, 0.25) is 0 Å². The van der Waals surface area contributed by atoms with Crippen LogP contribution in [0.3, 0.4) is 0 Å². The molecule has 0 aliphatic rings. The van der Waals surface area contributed by atoms with E-state index in [0.29, 0.717) is 0 Å². The number of ether oxygens (including phenoxy) is 2. The fourth-order valence-corrected chi connectivity index (χ4v) is 3.34. The van der Waals surface area contributed by atoms with Crippen LogP contribution in [0.15, 0.2) is 58.2 Å². The molecular formula is C19H20N4O2S.